The Kier molecular flexibility index (Phi) is 4.26. The van der Waals surface area contributed by atoms with E-state index in [1.807, 2.05) is 13.8 Å². The van der Waals surface area contributed by atoms with E-state index in [1.165, 1.54) is 16.7 Å². The summed E-state index contributed by atoms with van der Waals surface area (Å²) < 4.78 is 1.49. The molecule has 1 unspecified atom stereocenters. The Morgan fingerprint density at radius 2 is 2.05 bits per heavy atom. The molecule has 0 radical (unpaired) electrons. The van der Waals surface area contributed by atoms with E-state index < -0.39 is 17.1 Å². The minimum atomic E-state index is -1.07. The number of aromatic carboxylic acids is 1. The summed E-state index contributed by atoms with van der Waals surface area (Å²) in [6, 6.07) is 4.34. The van der Waals surface area contributed by atoms with Crippen LogP contribution in [0, 0.1) is 0 Å². The summed E-state index contributed by atoms with van der Waals surface area (Å²) >= 11 is 0. The van der Waals surface area contributed by atoms with Crippen molar-refractivity contribution in [1.29, 1.82) is 0 Å². The van der Waals surface area contributed by atoms with Crippen LogP contribution < -0.4 is 11.1 Å². The van der Waals surface area contributed by atoms with Crippen molar-refractivity contribution in [3.8, 4) is 0 Å². The zero-order valence-corrected chi connectivity index (χ0v) is 12.0. The second-order valence-electron chi connectivity index (χ2n) is 5.02. The third kappa shape index (κ3) is 2.74. The Bertz CT molecular complexity index is 788. The first-order chi connectivity index (χ1) is 9.99. The highest BCUT2D eigenvalue weighted by Crippen LogP contribution is 2.21. The van der Waals surface area contributed by atoms with Gasteiger partial charge < -0.3 is 10.1 Å². The number of aromatic nitrogens is 2. The molecule has 1 aromatic heterocycles. The first kappa shape index (κ1) is 15.0. The fourth-order valence-electron chi connectivity index (χ4n) is 2.59. The quantitative estimate of drug-likeness (QED) is 0.825. The summed E-state index contributed by atoms with van der Waals surface area (Å²) in [6.07, 6.45) is 2.41. The lowest BCUT2D eigenvalue weighted by molar-refractivity contribution is 0.0697. The molecular formula is C15H18N2O4. The Hall–Kier alpha value is -2.37. The summed E-state index contributed by atoms with van der Waals surface area (Å²) in [7, 11) is 0. The highest BCUT2D eigenvalue weighted by Gasteiger charge is 2.16. The Labute approximate surface area is 121 Å². The first-order valence-electron chi connectivity index (χ1n) is 7.01. The lowest BCUT2D eigenvalue weighted by atomic mass is 10.1. The van der Waals surface area contributed by atoms with Crippen LogP contribution in [0.3, 0.4) is 0 Å². The molecule has 112 valence electrons. The number of benzene rings is 1. The summed E-state index contributed by atoms with van der Waals surface area (Å²) in [5, 5.41) is 9.02. The molecule has 1 aromatic carbocycles. The molecule has 0 spiro atoms. The van der Waals surface area contributed by atoms with Gasteiger partial charge >= 0.3 is 17.1 Å². The zero-order chi connectivity index (χ0) is 15.6. The number of nitrogens with zero attached hydrogens (tertiary/aromatic N) is 1. The second kappa shape index (κ2) is 5.95. The van der Waals surface area contributed by atoms with Crippen molar-refractivity contribution < 1.29 is 9.90 Å². The predicted octanol–water partition coefficient (Wildman–Crippen LogP) is 2.14. The van der Waals surface area contributed by atoms with Crippen LogP contribution in [-0.2, 0) is 0 Å². The van der Waals surface area contributed by atoms with Gasteiger partial charge in [-0.15, -0.1) is 0 Å². The largest absolute Gasteiger partial charge is 0.478 e. The molecule has 0 aliphatic carbocycles. The molecule has 0 amide bonds. The van der Waals surface area contributed by atoms with E-state index in [9.17, 15) is 14.4 Å². The molecule has 0 aliphatic rings. The maximum atomic E-state index is 12.2. The van der Waals surface area contributed by atoms with Gasteiger partial charge in [0.25, 0.3) is 0 Å². The lowest BCUT2D eigenvalue weighted by Crippen LogP contribution is -2.38. The van der Waals surface area contributed by atoms with E-state index in [-0.39, 0.29) is 11.6 Å². The van der Waals surface area contributed by atoms with Crippen LogP contribution in [0.4, 0.5) is 0 Å². The molecule has 0 bridgehead atoms. The van der Waals surface area contributed by atoms with Crippen molar-refractivity contribution in [1.82, 2.24) is 9.55 Å². The minimum absolute atomic E-state index is 0.0667. The zero-order valence-electron chi connectivity index (χ0n) is 12.0. The molecular weight excluding hydrogens is 272 g/mol. The van der Waals surface area contributed by atoms with Crippen LogP contribution in [0.15, 0.2) is 27.8 Å². The van der Waals surface area contributed by atoms with Crippen LogP contribution in [0.1, 0.15) is 49.5 Å². The van der Waals surface area contributed by atoms with Crippen LogP contribution >= 0.6 is 0 Å². The van der Waals surface area contributed by atoms with Crippen molar-refractivity contribution in [2.45, 2.75) is 39.2 Å². The number of aromatic amines is 1. The fraction of sp³-hybridized carbons (Fsp3) is 0.400. The third-order valence-electron chi connectivity index (χ3n) is 3.62. The highest BCUT2D eigenvalue weighted by molar-refractivity contribution is 5.92. The monoisotopic (exact) mass is 290 g/mol. The number of carboxylic acid groups (broad SMARTS) is 1. The first-order valence-corrected chi connectivity index (χ1v) is 7.01. The molecule has 0 saturated heterocycles. The van der Waals surface area contributed by atoms with Gasteiger partial charge in [-0.2, -0.15) is 0 Å². The van der Waals surface area contributed by atoms with Crippen molar-refractivity contribution >= 4 is 17.0 Å². The summed E-state index contributed by atoms with van der Waals surface area (Å²) in [6.45, 7) is 3.98. The van der Waals surface area contributed by atoms with Gasteiger partial charge in [0.1, 0.15) is 0 Å². The maximum absolute atomic E-state index is 12.2. The van der Waals surface area contributed by atoms with Gasteiger partial charge in [-0.3, -0.25) is 14.2 Å². The van der Waals surface area contributed by atoms with Crippen molar-refractivity contribution in [3.63, 3.8) is 0 Å². The van der Waals surface area contributed by atoms with E-state index in [0.29, 0.717) is 11.0 Å². The van der Waals surface area contributed by atoms with E-state index in [4.69, 9.17) is 5.11 Å². The molecule has 21 heavy (non-hydrogen) atoms. The number of H-pyrrole nitrogens is 1. The van der Waals surface area contributed by atoms with Crippen LogP contribution in [0.25, 0.3) is 11.0 Å². The van der Waals surface area contributed by atoms with E-state index in [0.717, 1.165) is 19.3 Å². The van der Waals surface area contributed by atoms with Crippen molar-refractivity contribution in [3.05, 3.63) is 44.5 Å². The third-order valence-corrected chi connectivity index (χ3v) is 3.62. The summed E-state index contributed by atoms with van der Waals surface area (Å²) in [4.78, 5) is 37.5. The van der Waals surface area contributed by atoms with Gasteiger partial charge in [0.2, 0.25) is 0 Å². The van der Waals surface area contributed by atoms with Gasteiger partial charge in [0.05, 0.1) is 16.6 Å². The number of hydrogen-bond acceptors (Lipinski definition) is 3. The number of fused-ring (bicyclic) bond motifs is 1. The number of rotatable bonds is 5. The highest BCUT2D eigenvalue weighted by atomic mass is 16.4. The predicted molar refractivity (Wildman–Crippen MR) is 80.0 cm³/mol. The molecule has 0 fully saturated rings. The minimum Gasteiger partial charge on any atom is -0.478 e. The second-order valence-corrected chi connectivity index (χ2v) is 5.02. The average molecular weight is 290 g/mol. The lowest BCUT2D eigenvalue weighted by Gasteiger charge is -2.19. The number of nitrogens with one attached hydrogen (secondary N) is 1. The molecule has 2 N–H and O–H groups in total. The fourth-order valence-corrected chi connectivity index (χ4v) is 2.59. The number of carbonyl (C=O) groups is 1. The van der Waals surface area contributed by atoms with Crippen LogP contribution in [0.2, 0.25) is 0 Å². The molecule has 2 rings (SSSR count). The van der Waals surface area contributed by atoms with Gasteiger partial charge in [0, 0.05) is 6.04 Å². The maximum Gasteiger partial charge on any atom is 0.335 e. The van der Waals surface area contributed by atoms with Gasteiger partial charge in [-0.25, -0.2) is 4.79 Å². The molecule has 1 heterocycles. The van der Waals surface area contributed by atoms with E-state index in [2.05, 4.69) is 4.98 Å². The van der Waals surface area contributed by atoms with Crippen LogP contribution in [-0.4, -0.2) is 20.6 Å². The van der Waals surface area contributed by atoms with E-state index in [1.54, 1.807) is 6.07 Å². The molecule has 0 saturated carbocycles. The standard InChI is InChI=1S/C15H18N2O4/c1-3-5-10(4-2)17-12-7-6-9(15(20)21)8-11(12)16-13(18)14(17)19/h6-8,10H,3-5H2,1-2H3,(H,16,18)(H,20,21). The summed E-state index contributed by atoms with van der Waals surface area (Å²) in [5.41, 5.74) is -0.309. The number of carboxylic acids is 1. The Morgan fingerprint density at radius 1 is 1.33 bits per heavy atom. The average Bonchev–Trinajstić information content (AvgIpc) is 2.46. The Morgan fingerprint density at radius 3 is 2.62 bits per heavy atom. The Balaban J connectivity index is 2.79. The molecule has 6 nitrogen and oxygen atoms in total. The van der Waals surface area contributed by atoms with Crippen LogP contribution in [0.5, 0.6) is 0 Å². The summed E-state index contributed by atoms with van der Waals surface area (Å²) in [5.74, 6) is -1.07. The molecule has 0 aliphatic heterocycles. The van der Waals surface area contributed by atoms with Gasteiger partial charge in [-0.05, 0) is 31.0 Å². The molecule has 1 atom stereocenters. The molecule has 6 heteroatoms. The number of hydrogen-bond donors (Lipinski definition) is 2. The van der Waals surface area contributed by atoms with Gasteiger partial charge in [-0.1, -0.05) is 20.3 Å². The van der Waals surface area contributed by atoms with Gasteiger partial charge in [0.15, 0.2) is 0 Å². The smallest absolute Gasteiger partial charge is 0.335 e. The SMILES string of the molecule is CCCC(CC)n1c(=O)c(=O)[nH]c2cc(C(=O)O)ccc21. The van der Waals surface area contributed by atoms with Crippen molar-refractivity contribution in [2.24, 2.45) is 0 Å². The molecule has 2 aromatic rings. The van der Waals surface area contributed by atoms with Crippen molar-refractivity contribution in [2.75, 3.05) is 0 Å². The normalized spacial score (nSPS) is 12.5. The topological polar surface area (TPSA) is 92.2 Å². The van der Waals surface area contributed by atoms with E-state index >= 15 is 0 Å².